The van der Waals surface area contributed by atoms with Gasteiger partial charge in [-0.05, 0) is 17.7 Å². The minimum Gasteiger partial charge on any atom is -0.506 e. The van der Waals surface area contributed by atoms with E-state index in [4.69, 9.17) is 28.1 Å². The van der Waals surface area contributed by atoms with Crippen LogP contribution < -0.4 is 29.3 Å². The molecule has 0 aliphatic heterocycles. The molecule has 28 heavy (non-hydrogen) atoms. The van der Waals surface area contributed by atoms with Crippen molar-refractivity contribution >= 4 is 11.0 Å². The standard InChI is InChI=1S/C20H20O8/c1-23-11-7-6-10(8-12(11)24-2)15-17(21)16-13(28-20(15)22)9-14(25-3)18(26-4)19(16)27-5/h6-9,21H,1-5H3. The van der Waals surface area contributed by atoms with Crippen LogP contribution in [-0.4, -0.2) is 40.7 Å². The number of benzene rings is 2. The maximum absolute atomic E-state index is 12.7. The van der Waals surface area contributed by atoms with E-state index in [1.807, 2.05) is 0 Å². The first-order chi connectivity index (χ1) is 13.5. The Bertz CT molecular complexity index is 1080. The van der Waals surface area contributed by atoms with Crippen molar-refractivity contribution in [2.45, 2.75) is 0 Å². The molecule has 8 heteroatoms. The highest BCUT2D eigenvalue weighted by Crippen LogP contribution is 2.48. The zero-order valence-electron chi connectivity index (χ0n) is 16.1. The molecule has 0 unspecified atom stereocenters. The highest BCUT2D eigenvalue weighted by Gasteiger charge is 2.25. The molecular formula is C20H20O8. The van der Waals surface area contributed by atoms with Gasteiger partial charge >= 0.3 is 5.63 Å². The van der Waals surface area contributed by atoms with Gasteiger partial charge in [-0.3, -0.25) is 0 Å². The number of rotatable bonds is 6. The van der Waals surface area contributed by atoms with Crippen molar-refractivity contribution in [3.63, 3.8) is 0 Å². The van der Waals surface area contributed by atoms with Crippen LogP contribution in [0.5, 0.6) is 34.5 Å². The number of hydrogen-bond acceptors (Lipinski definition) is 8. The predicted molar refractivity (Wildman–Crippen MR) is 102 cm³/mol. The maximum Gasteiger partial charge on any atom is 0.347 e. The molecule has 148 valence electrons. The Morgan fingerprint density at radius 3 is 2.00 bits per heavy atom. The molecule has 0 aliphatic rings. The van der Waals surface area contributed by atoms with E-state index in [1.54, 1.807) is 18.2 Å². The van der Waals surface area contributed by atoms with Crippen LogP contribution in [0, 0.1) is 0 Å². The van der Waals surface area contributed by atoms with Crippen molar-refractivity contribution in [1.29, 1.82) is 0 Å². The molecule has 0 fully saturated rings. The van der Waals surface area contributed by atoms with Crippen LogP contribution >= 0.6 is 0 Å². The van der Waals surface area contributed by atoms with E-state index in [-0.39, 0.29) is 33.8 Å². The summed E-state index contributed by atoms with van der Waals surface area (Å²) in [5, 5.41) is 11.1. The van der Waals surface area contributed by atoms with Gasteiger partial charge in [-0.1, -0.05) is 6.07 Å². The normalized spacial score (nSPS) is 10.6. The Balaban J connectivity index is 2.39. The lowest BCUT2D eigenvalue weighted by Gasteiger charge is -2.16. The molecule has 0 aliphatic carbocycles. The van der Waals surface area contributed by atoms with Gasteiger partial charge < -0.3 is 33.2 Å². The summed E-state index contributed by atoms with van der Waals surface area (Å²) < 4.78 is 31.9. The molecular weight excluding hydrogens is 368 g/mol. The van der Waals surface area contributed by atoms with E-state index >= 15 is 0 Å². The van der Waals surface area contributed by atoms with Crippen molar-refractivity contribution in [3.05, 3.63) is 34.7 Å². The Labute approximate surface area is 160 Å². The van der Waals surface area contributed by atoms with Gasteiger partial charge in [0.15, 0.2) is 23.0 Å². The first-order valence-electron chi connectivity index (χ1n) is 8.21. The SMILES string of the molecule is COc1ccc(-c2c(O)c3c(OC)c(OC)c(OC)cc3oc2=O)cc1OC. The van der Waals surface area contributed by atoms with Gasteiger partial charge in [-0.15, -0.1) is 0 Å². The highest BCUT2D eigenvalue weighted by molar-refractivity contribution is 5.98. The first-order valence-corrected chi connectivity index (χ1v) is 8.21. The smallest absolute Gasteiger partial charge is 0.347 e. The summed E-state index contributed by atoms with van der Waals surface area (Å²) in [6, 6.07) is 6.27. The highest BCUT2D eigenvalue weighted by atomic mass is 16.5. The zero-order valence-corrected chi connectivity index (χ0v) is 16.1. The Hall–Kier alpha value is -3.55. The molecule has 0 amide bonds. The lowest BCUT2D eigenvalue weighted by molar-refractivity contribution is 0.325. The van der Waals surface area contributed by atoms with Crippen molar-refractivity contribution in [2.24, 2.45) is 0 Å². The molecule has 0 bridgehead atoms. The average molecular weight is 388 g/mol. The molecule has 0 atom stereocenters. The van der Waals surface area contributed by atoms with E-state index in [0.717, 1.165) is 0 Å². The Kier molecular flexibility index (Phi) is 5.21. The van der Waals surface area contributed by atoms with Crippen LogP contribution in [0.2, 0.25) is 0 Å². The van der Waals surface area contributed by atoms with Gasteiger partial charge in [0.2, 0.25) is 5.75 Å². The van der Waals surface area contributed by atoms with Gasteiger partial charge in [0.1, 0.15) is 22.3 Å². The van der Waals surface area contributed by atoms with E-state index in [1.165, 1.54) is 41.6 Å². The molecule has 1 heterocycles. The Morgan fingerprint density at radius 1 is 0.786 bits per heavy atom. The summed E-state index contributed by atoms with van der Waals surface area (Å²) in [6.07, 6.45) is 0. The summed E-state index contributed by atoms with van der Waals surface area (Å²) in [7, 11) is 7.28. The summed E-state index contributed by atoms with van der Waals surface area (Å²) in [6.45, 7) is 0. The summed E-state index contributed by atoms with van der Waals surface area (Å²) >= 11 is 0. The lowest BCUT2D eigenvalue weighted by Crippen LogP contribution is -2.05. The molecule has 1 N–H and O–H groups in total. The molecule has 2 aromatic carbocycles. The minimum absolute atomic E-state index is 0.0426. The van der Waals surface area contributed by atoms with E-state index < -0.39 is 5.63 Å². The molecule has 0 saturated carbocycles. The second-order valence-electron chi connectivity index (χ2n) is 5.70. The third-order valence-corrected chi connectivity index (χ3v) is 4.35. The van der Waals surface area contributed by atoms with E-state index in [2.05, 4.69) is 0 Å². The molecule has 0 radical (unpaired) electrons. The van der Waals surface area contributed by atoms with Crippen molar-refractivity contribution < 1.29 is 33.2 Å². The summed E-state index contributed by atoms with van der Waals surface area (Å²) in [5.74, 6) is 1.32. The van der Waals surface area contributed by atoms with Crippen molar-refractivity contribution in [3.8, 4) is 45.6 Å². The summed E-state index contributed by atoms with van der Waals surface area (Å²) in [4.78, 5) is 12.7. The Morgan fingerprint density at radius 2 is 1.43 bits per heavy atom. The van der Waals surface area contributed by atoms with Crippen LogP contribution in [0.15, 0.2) is 33.5 Å². The first kappa shape index (κ1) is 19.2. The molecule has 0 spiro atoms. The third-order valence-electron chi connectivity index (χ3n) is 4.35. The van der Waals surface area contributed by atoms with Gasteiger partial charge in [0, 0.05) is 6.07 Å². The van der Waals surface area contributed by atoms with Crippen LogP contribution in [0.3, 0.4) is 0 Å². The topological polar surface area (TPSA) is 96.6 Å². The number of methoxy groups -OCH3 is 5. The van der Waals surface area contributed by atoms with Crippen molar-refractivity contribution in [2.75, 3.05) is 35.5 Å². The van der Waals surface area contributed by atoms with Gasteiger partial charge in [-0.2, -0.15) is 0 Å². The van der Waals surface area contributed by atoms with Crippen LogP contribution in [0.1, 0.15) is 0 Å². The van der Waals surface area contributed by atoms with Gasteiger partial charge in [0.05, 0.1) is 35.5 Å². The quantitative estimate of drug-likeness (QED) is 0.643. The predicted octanol–water partition coefficient (Wildman–Crippen LogP) is 3.21. The minimum atomic E-state index is -0.730. The number of fused-ring (bicyclic) bond motifs is 1. The monoisotopic (exact) mass is 388 g/mol. The van der Waals surface area contributed by atoms with E-state index in [0.29, 0.717) is 22.8 Å². The van der Waals surface area contributed by atoms with Gasteiger partial charge in [-0.25, -0.2) is 4.79 Å². The number of ether oxygens (including phenoxy) is 5. The molecule has 3 rings (SSSR count). The average Bonchev–Trinajstić information content (AvgIpc) is 2.71. The third kappa shape index (κ3) is 2.92. The molecule has 1 aromatic heterocycles. The van der Waals surface area contributed by atoms with Gasteiger partial charge in [0.25, 0.3) is 0 Å². The number of aromatic hydroxyl groups is 1. The van der Waals surface area contributed by atoms with Crippen LogP contribution in [0.4, 0.5) is 0 Å². The summed E-state index contributed by atoms with van der Waals surface area (Å²) in [5.41, 5.74) is -0.283. The second-order valence-corrected chi connectivity index (χ2v) is 5.70. The fraction of sp³-hybridized carbons (Fsp3) is 0.250. The van der Waals surface area contributed by atoms with E-state index in [9.17, 15) is 9.90 Å². The fourth-order valence-electron chi connectivity index (χ4n) is 3.06. The molecule has 3 aromatic rings. The molecule has 0 saturated heterocycles. The van der Waals surface area contributed by atoms with Crippen LogP contribution in [-0.2, 0) is 0 Å². The van der Waals surface area contributed by atoms with Crippen LogP contribution in [0.25, 0.3) is 22.1 Å². The second kappa shape index (κ2) is 7.59. The number of hydrogen-bond donors (Lipinski definition) is 1. The van der Waals surface area contributed by atoms with Crippen molar-refractivity contribution in [1.82, 2.24) is 0 Å². The maximum atomic E-state index is 12.7. The fourth-order valence-corrected chi connectivity index (χ4v) is 3.06. The largest absolute Gasteiger partial charge is 0.506 e. The lowest BCUT2D eigenvalue weighted by atomic mass is 10.0. The molecule has 8 nitrogen and oxygen atoms in total. The zero-order chi connectivity index (χ0) is 20.4.